The van der Waals surface area contributed by atoms with E-state index in [-0.39, 0.29) is 0 Å². The fourth-order valence-corrected chi connectivity index (χ4v) is 3.06. The number of nitrogens with one attached hydrogen (secondary N) is 1. The summed E-state index contributed by atoms with van der Waals surface area (Å²) >= 11 is 6.49. The third-order valence-corrected chi connectivity index (χ3v) is 4.79. The molecule has 1 atom stereocenters. The van der Waals surface area contributed by atoms with Crippen molar-refractivity contribution in [1.82, 2.24) is 10.2 Å². The Bertz CT molecular complexity index is 473. The molecule has 1 saturated carbocycles. The molecule has 1 aromatic carbocycles. The van der Waals surface area contributed by atoms with E-state index in [4.69, 9.17) is 11.6 Å². The van der Waals surface area contributed by atoms with E-state index in [2.05, 4.69) is 47.3 Å². The number of hydrogen-bond donors (Lipinski definition) is 1. The molecule has 2 aliphatic rings. The Kier molecular flexibility index (Phi) is 4.20. The van der Waals surface area contributed by atoms with Gasteiger partial charge in [-0.15, -0.1) is 0 Å². The summed E-state index contributed by atoms with van der Waals surface area (Å²) in [6, 6.07) is 7.84. The van der Waals surface area contributed by atoms with Crippen LogP contribution in [0.1, 0.15) is 25.3 Å². The lowest BCUT2D eigenvalue weighted by atomic mass is 10.1. The van der Waals surface area contributed by atoms with Gasteiger partial charge in [0.1, 0.15) is 0 Å². The molecule has 1 aliphatic heterocycles. The second kappa shape index (κ2) is 5.92. The lowest BCUT2D eigenvalue weighted by molar-refractivity contribution is 0.234. The van der Waals surface area contributed by atoms with Crippen molar-refractivity contribution in [2.24, 2.45) is 0 Å². The number of hydrogen-bond acceptors (Lipinski definition) is 3. The molecule has 0 bridgehead atoms. The van der Waals surface area contributed by atoms with E-state index >= 15 is 0 Å². The molecule has 3 rings (SSSR count). The largest absolute Gasteiger partial charge is 0.367 e. The van der Waals surface area contributed by atoms with Gasteiger partial charge in [-0.05, 0) is 44.5 Å². The summed E-state index contributed by atoms with van der Waals surface area (Å²) in [5.41, 5.74) is 2.47. The lowest BCUT2D eigenvalue weighted by Gasteiger charge is -2.39. The van der Waals surface area contributed by atoms with E-state index in [0.29, 0.717) is 6.04 Å². The highest BCUT2D eigenvalue weighted by Gasteiger charge is 2.23. The summed E-state index contributed by atoms with van der Waals surface area (Å²) in [6.45, 7) is 6.41. The maximum atomic E-state index is 6.49. The monoisotopic (exact) mass is 293 g/mol. The molecule has 4 heteroatoms. The first-order valence-electron chi connectivity index (χ1n) is 7.60. The Morgan fingerprint density at radius 2 is 2.10 bits per heavy atom. The van der Waals surface area contributed by atoms with Gasteiger partial charge >= 0.3 is 0 Å². The highest BCUT2D eigenvalue weighted by Crippen LogP contribution is 2.29. The summed E-state index contributed by atoms with van der Waals surface area (Å²) in [4.78, 5) is 4.81. The van der Waals surface area contributed by atoms with Gasteiger partial charge in [-0.2, -0.15) is 0 Å². The Hall–Kier alpha value is -0.770. The van der Waals surface area contributed by atoms with Crippen LogP contribution in [0.15, 0.2) is 18.2 Å². The minimum Gasteiger partial charge on any atom is -0.367 e. The zero-order chi connectivity index (χ0) is 14.1. The van der Waals surface area contributed by atoms with Crippen LogP contribution in [0.4, 0.5) is 5.69 Å². The Labute approximate surface area is 126 Å². The van der Waals surface area contributed by atoms with Gasteiger partial charge in [-0.25, -0.2) is 0 Å². The van der Waals surface area contributed by atoms with Gasteiger partial charge in [-0.3, -0.25) is 0 Å². The lowest BCUT2D eigenvalue weighted by Crippen LogP contribution is -2.50. The van der Waals surface area contributed by atoms with E-state index in [1.54, 1.807) is 0 Å². The Morgan fingerprint density at radius 1 is 1.30 bits per heavy atom. The molecule has 0 aromatic heterocycles. The SMILES string of the molecule is CC1CN(c2ccc(CNC3CC3)cc2Cl)CCN1C. The molecule has 110 valence electrons. The van der Waals surface area contributed by atoms with Crippen LogP contribution in [0.25, 0.3) is 0 Å². The fraction of sp³-hybridized carbons (Fsp3) is 0.625. The molecule has 1 saturated heterocycles. The average Bonchev–Trinajstić information content (AvgIpc) is 3.24. The van der Waals surface area contributed by atoms with Gasteiger partial charge in [-0.1, -0.05) is 17.7 Å². The van der Waals surface area contributed by atoms with Gasteiger partial charge < -0.3 is 15.1 Å². The molecule has 1 unspecified atom stereocenters. The van der Waals surface area contributed by atoms with Crippen LogP contribution in [-0.4, -0.2) is 43.7 Å². The summed E-state index contributed by atoms with van der Waals surface area (Å²) in [6.07, 6.45) is 2.65. The second-order valence-corrected chi connectivity index (χ2v) is 6.62. The molecule has 0 radical (unpaired) electrons. The van der Waals surface area contributed by atoms with Crippen molar-refractivity contribution >= 4 is 17.3 Å². The highest BCUT2D eigenvalue weighted by atomic mass is 35.5. The predicted octanol–water partition coefficient (Wildman–Crippen LogP) is 2.73. The first-order chi connectivity index (χ1) is 9.63. The van der Waals surface area contributed by atoms with Gasteiger partial charge in [0.05, 0.1) is 10.7 Å². The molecule has 0 spiro atoms. The fourth-order valence-electron chi connectivity index (χ4n) is 2.73. The number of halogens is 1. The van der Waals surface area contributed by atoms with Gasteiger partial charge in [0, 0.05) is 38.3 Å². The van der Waals surface area contributed by atoms with Crippen molar-refractivity contribution in [3.8, 4) is 0 Å². The summed E-state index contributed by atoms with van der Waals surface area (Å²) in [5, 5.41) is 4.42. The van der Waals surface area contributed by atoms with E-state index < -0.39 is 0 Å². The third kappa shape index (κ3) is 3.27. The number of benzene rings is 1. The molecule has 2 fully saturated rings. The molecular formula is C16H24ClN3. The molecule has 3 nitrogen and oxygen atoms in total. The van der Waals surface area contributed by atoms with Crippen molar-refractivity contribution in [3.63, 3.8) is 0 Å². The number of anilines is 1. The summed E-state index contributed by atoms with van der Waals surface area (Å²) in [7, 11) is 2.19. The van der Waals surface area contributed by atoms with Crippen molar-refractivity contribution in [3.05, 3.63) is 28.8 Å². The molecule has 1 aliphatic carbocycles. The van der Waals surface area contributed by atoms with Crippen molar-refractivity contribution < 1.29 is 0 Å². The van der Waals surface area contributed by atoms with Gasteiger partial charge in [0.2, 0.25) is 0 Å². The molecular weight excluding hydrogens is 270 g/mol. The van der Waals surface area contributed by atoms with E-state index in [9.17, 15) is 0 Å². The Balaban J connectivity index is 1.66. The first kappa shape index (κ1) is 14.2. The van der Waals surface area contributed by atoms with Crippen LogP contribution >= 0.6 is 11.6 Å². The standard InChI is InChI=1S/C16H24ClN3/c1-12-11-20(8-7-19(12)2)16-6-3-13(9-15(16)17)10-18-14-4-5-14/h3,6,9,12,14,18H,4-5,7-8,10-11H2,1-2H3. The number of rotatable bonds is 4. The van der Waals surface area contributed by atoms with Gasteiger partial charge in [0.15, 0.2) is 0 Å². The summed E-state index contributed by atoms with van der Waals surface area (Å²) < 4.78 is 0. The average molecular weight is 294 g/mol. The molecule has 1 N–H and O–H groups in total. The third-order valence-electron chi connectivity index (χ3n) is 4.48. The molecule has 20 heavy (non-hydrogen) atoms. The molecule has 0 amide bonds. The minimum atomic E-state index is 0.580. The molecule has 1 heterocycles. The van der Waals surface area contributed by atoms with Crippen LogP contribution in [-0.2, 0) is 6.54 Å². The molecule has 1 aromatic rings. The maximum Gasteiger partial charge on any atom is 0.0642 e. The van der Waals surface area contributed by atoms with Crippen LogP contribution in [0.3, 0.4) is 0 Å². The Morgan fingerprint density at radius 3 is 2.75 bits per heavy atom. The van der Waals surface area contributed by atoms with E-state index in [1.807, 2.05) is 0 Å². The van der Waals surface area contributed by atoms with Gasteiger partial charge in [0.25, 0.3) is 0 Å². The second-order valence-electron chi connectivity index (χ2n) is 6.22. The highest BCUT2D eigenvalue weighted by molar-refractivity contribution is 6.33. The summed E-state index contributed by atoms with van der Waals surface area (Å²) in [5.74, 6) is 0. The number of nitrogens with zero attached hydrogens (tertiary/aromatic N) is 2. The zero-order valence-electron chi connectivity index (χ0n) is 12.4. The predicted molar refractivity (Wildman–Crippen MR) is 85.6 cm³/mol. The van der Waals surface area contributed by atoms with E-state index in [0.717, 1.165) is 37.2 Å². The smallest absolute Gasteiger partial charge is 0.0642 e. The number of piperazine rings is 1. The van der Waals surface area contributed by atoms with E-state index in [1.165, 1.54) is 24.1 Å². The minimum absolute atomic E-state index is 0.580. The van der Waals surface area contributed by atoms with Crippen LogP contribution in [0, 0.1) is 0 Å². The van der Waals surface area contributed by atoms with Crippen molar-refractivity contribution in [2.45, 2.75) is 38.4 Å². The van der Waals surface area contributed by atoms with Crippen molar-refractivity contribution in [2.75, 3.05) is 31.6 Å². The maximum absolute atomic E-state index is 6.49. The topological polar surface area (TPSA) is 18.5 Å². The normalized spacial score (nSPS) is 24.1. The van der Waals surface area contributed by atoms with Crippen LogP contribution in [0.2, 0.25) is 5.02 Å². The van der Waals surface area contributed by atoms with Crippen molar-refractivity contribution in [1.29, 1.82) is 0 Å². The quantitative estimate of drug-likeness (QED) is 0.921. The van der Waals surface area contributed by atoms with Crippen LogP contribution in [0.5, 0.6) is 0 Å². The number of likely N-dealkylation sites (N-methyl/N-ethyl adjacent to an activating group) is 1. The zero-order valence-corrected chi connectivity index (χ0v) is 13.2. The first-order valence-corrected chi connectivity index (χ1v) is 7.98. The van der Waals surface area contributed by atoms with Crippen LogP contribution < -0.4 is 10.2 Å².